The van der Waals surface area contributed by atoms with Crippen molar-refractivity contribution >= 4 is 11.8 Å². The van der Waals surface area contributed by atoms with Gasteiger partial charge in [-0.1, -0.05) is 25.0 Å². The highest BCUT2D eigenvalue weighted by atomic mass is 32.2. The molecule has 1 aliphatic carbocycles. The van der Waals surface area contributed by atoms with Gasteiger partial charge >= 0.3 is 0 Å². The molecule has 0 atom stereocenters. The van der Waals surface area contributed by atoms with E-state index in [1.807, 2.05) is 0 Å². The fraction of sp³-hybridized carbons (Fsp3) is 0.625. The van der Waals surface area contributed by atoms with E-state index in [4.69, 9.17) is 4.74 Å². The van der Waals surface area contributed by atoms with Crippen LogP contribution in [-0.4, -0.2) is 24.2 Å². The highest BCUT2D eigenvalue weighted by molar-refractivity contribution is 8.00. The Labute approximate surface area is 120 Å². The van der Waals surface area contributed by atoms with Gasteiger partial charge in [-0.15, -0.1) is 0 Å². The Bertz CT molecular complexity index is 440. The third-order valence-electron chi connectivity index (χ3n) is 4.48. The largest absolute Gasteiger partial charge is 0.493 e. The molecule has 1 heterocycles. The van der Waals surface area contributed by atoms with Crippen LogP contribution < -0.4 is 10.1 Å². The quantitative estimate of drug-likeness (QED) is 0.891. The molecule has 0 saturated heterocycles. The molecule has 104 valence electrons. The molecule has 0 aromatic heterocycles. The molecule has 2 aliphatic rings. The van der Waals surface area contributed by atoms with Crippen molar-refractivity contribution in [1.29, 1.82) is 0 Å². The molecule has 0 radical (unpaired) electrons. The Kier molecular flexibility index (Phi) is 4.04. The highest BCUT2D eigenvalue weighted by Gasteiger charge is 2.32. The molecule has 1 aliphatic heterocycles. The molecule has 0 amide bonds. The summed E-state index contributed by atoms with van der Waals surface area (Å²) in [6.07, 6.45) is 8.88. The standard InChI is InChI=1S/C16H23NOS/c1-19-16(7-2-3-8-16)12-17-11-13-4-5-15-14(10-13)6-9-18-15/h4-5,10,17H,2-3,6-9,11-12H2,1H3. The van der Waals surface area contributed by atoms with E-state index in [9.17, 15) is 0 Å². The van der Waals surface area contributed by atoms with E-state index < -0.39 is 0 Å². The van der Waals surface area contributed by atoms with E-state index in [0.29, 0.717) is 4.75 Å². The molecule has 1 fully saturated rings. The van der Waals surface area contributed by atoms with Crippen molar-refractivity contribution < 1.29 is 4.74 Å². The fourth-order valence-electron chi connectivity index (χ4n) is 3.26. The molecule has 3 rings (SSSR count). The zero-order valence-electron chi connectivity index (χ0n) is 11.7. The second-order valence-electron chi connectivity index (χ2n) is 5.74. The van der Waals surface area contributed by atoms with E-state index >= 15 is 0 Å². The molecule has 0 bridgehead atoms. The van der Waals surface area contributed by atoms with E-state index in [2.05, 4.69) is 41.5 Å². The van der Waals surface area contributed by atoms with Crippen LogP contribution in [0.2, 0.25) is 0 Å². The topological polar surface area (TPSA) is 21.3 Å². The number of nitrogens with one attached hydrogen (secondary N) is 1. The molecule has 1 N–H and O–H groups in total. The van der Waals surface area contributed by atoms with Crippen molar-refractivity contribution in [2.75, 3.05) is 19.4 Å². The minimum absolute atomic E-state index is 0.500. The Morgan fingerprint density at radius 3 is 2.95 bits per heavy atom. The summed E-state index contributed by atoms with van der Waals surface area (Å²) in [5.41, 5.74) is 2.76. The molecular weight excluding hydrogens is 254 g/mol. The first-order valence-corrected chi connectivity index (χ1v) is 8.54. The molecule has 1 aromatic rings. The van der Waals surface area contributed by atoms with Crippen LogP contribution in [0, 0.1) is 0 Å². The van der Waals surface area contributed by atoms with Crippen molar-refractivity contribution in [3.8, 4) is 5.75 Å². The summed E-state index contributed by atoms with van der Waals surface area (Å²) in [7, 11) is 0. The third kappa shape index (κ3) is 2.92. The lowest BCUT2D eigenvalue weighted by Gasteiger charge is -2.27. The van der Waals surface area contributed by atoms with Gasteiger partial charge in [0, 0.05) is 24.3 Å². The lowest BCUT2D eigenvalue weighted by molar-refractivity contribution is 0.357. The summed E-state index contributed by atoms with van der Waals surface area (Å²) in [6, 6.07) is 6.62. The van der Waals surface area contributed by atoms with E-state index in [1.54, 1.807) is 0 Å². The molecule has 0 unspecified atom stereocenters. The van der Waals surface area contributed by atoms with Gasteiger partial charge in [0.05, 0.1) is 6.61 Å². The van der Waals surface area contributed by atoms with Crippen LogP contribution in [0.15, 0.2) is 18.2 Å². The SMILES string of the molecule is CSC1(CNCc2ccc3c(c2)CCO3)CCCC1. The van der Waals surface area contributed by atoms with Gasteiger partial charge in [-0.25, -0.2) is 0 Å². The summed E-state index contributed by atoms with van der Waals surface area (Å²) in [5.74, 6) is 1.08. The van der Waals surface area contributed by atoms with Crippen LogP contribution in [0.25, 0.3) is 0 Å². The van der Waals surface area contributed by atoms with Crippen LogP contribution in [0.4, 0.5) is 0 Å². The minimum Gasteiger partial charge on any atom is -0.493 e. The molecule has 0 spiro atoms. The van der Waals surface area contributed by atoms with Crippen molar-refractivity contribution in [2.45, 2.75) is 43.4 Å². The molecule has 3 heteroatoms. The van der Waals surface area contributed by atoms with Crippen molar-refractivity contribution in [2.24, 2.45) is 0 Å². The molecule has 1 aromatic carbocycles. The number of ether oxygens (including phenoxy) is 1. The Morgan fingerprint density at radius 2 is 2.16 bits per heavy atom. The number of thioether (sulfide) groups is 1. The van der Waals surface area contributed by atoms with Crippen molar-refractivity contribution in [3.05, 3.63) is 29.3 Å². The molecule has 2 nitrogen and oxygen atoms in total. The van der Waals surface area contributed by atoms with Crippen LogP contribution in [0.1, 0.15) is 36.8 Å². The van der Waals surface area contributed by atoms with Crippen molar-refractivity contribution in [3.63, 3.8) is 0 Å². The van der Waals surface area contributed by atoms with Gasteiger partial charge in [-0.2, -0.15) is 11.8 Å². The summed E-state index contributed by atoms with van der Waals surface area (Å²) < 4.78 is 6.05. The van der Waals surface area contributed by atoms with E-state index in [0.717, 1.165) is 31.9 Å². The van der Waals surface area contributed by atoms with Gasteiger partial charge in [0.1, 0.15) is 5.75 Å². The Balaban J connectivity index is 1.55. The van der Waals surface area contributed by atoms with Gasteiger partial charge in [-0.05, 0) is 36.3 Å². The molecule has 19 heavy (non-hydrogen) atoms. The van der Waals surface area contributed by atoms with Crippen LogP contribution in [-0.2, 0) is 13.0 Å². The lowest BCUT2D eigenvalue weighted by atomic mass is 10.1. The second-order valence-corrected chi connectivity index (χ2v) is 7.01. The fourth-order valence-corrected chi connectivity index (χ4v) is 4.20. The molecule has 1 saturated carbocycles. The predicted molar refractivity (Wildman–Crippen MR) is 82.1 cm³/mol. The maximum absolute atomic E-state index is 5.55. The third-order valence-corrected chi connectivity index (χ3v) is 5.90. The smallest absolute Gasteiger partial charge is 0.122 e. The monoisotopic (exact) mass is 277 g/mol. The normalized spacial score (nSPS) is 20.3. The van der Waals surface area contributed by atoms with Crippen LogP contribution in [0.3, 0.4) is 0 Å². The van der Waals surface area contributed by atoms with Crippen molar-refractivity contribution in [1.82, 2.24) is 5.32 Å². The first kappa shape index (κ1) is 13.3. The number of fused-ring (bicyclic) bond motifs is 1. The number of benzene rings is 1. The average molecular weight is 277 g/mol. The zero-order chi connectivity index (χ0) is 13.1. The Morgan fingerprint density at radius 1 is 1.32 bits per heavy atom. The van der Waals surface area contributed by atoms with Gasteiger partial charge in [0.25, 0.3) is 0 Å². The minimum atomic E-state index is 0.500. The maximum Gasteiger partial charge on any atom is 0.122 e. The van der Waals surface area contributed by atoms with Gasteiger partial charge in [-0.3, -0.25) is 0 Å². The second kappa shape index (κ2) is 5.76. The summed E-state index contributed by atoms with van der Waals surface area (Å²) in [5, 5.41) is 3.66. The summed E-state index contributed by atoms with van der Waals surface area (Å²) in [4.78, 5) is 0. The number of rotatable bonds is 5. The van der Waals surface area contributed by atoms with Crippen LogP contribution >= 0.6 is 11.8 Å². The Hall–Kier alpha value is -0.670. The number of hydrogen-bond donors (Lipinski definition) is 1. The lowest BCUT2D eigenvalue weighted by Crippen LogP contribution is -2.34. The zero-order valence-corrected chi connectivity index (χ0v) is 12.5. The van der Waals surface area contributed by atoms with Gasteiger partial charge in [0.2, 0.25) is 0 Å². The summed E-state index contributed by atoms with van der Waals surface area (Å²) >= 11 is 2.05. The van der Waals surface area contributed by atoms with Crippen LogP contribution in [0.5, 0.6) is 5.75 Å². The maximum atomic E-state index is 5.55. The summed E-state index contributed by atoms with van der Waals surface area (Å²) in [6.45, 7) is 2.97. The first-order chi connectivity index (χ1) is 9.31. The first-order valence-electron chi connectivity index (χ1n) is 7.32. The number of hydrogen-bond acceptors (Lipinski definition) is 3. The predicted octanol–water partition coefficient (Wildman–Crippen LogP) is 3.39. The average Bonchev–Trinajstić information content (AvgIpc) is 3.07. The van der Waals surface area contributed by atoms with Gasteiger partial charge in [0.15, 0.2) is 0 Å². The molecular formula is C16H23NOS. The van der Waals surface area contributed by atoms with E-state index in [1.165, 1.54) is 36.8 Å². The van der Waals surface area contributed by atoms with E-state index in [-0.39, 0.29) is 0 Å². The van der Waals surface area contributed by atoms with Gasteiger partial charge < -0.3 is 10.1 Å². The highest BCUT2D eigenvalue weighted by Crippen LogP contribution is 2.39.